The number of rotatable bonds is 6. The van der Waals surface area contributed by atoms with Crippen molar-refractivity contribution in [2.75, 3.05) is 11.1 Å². The molecule has 0 aliphatic rings. The van der Waals surface area contributed by atoms with Crippen LogP contribution in [0.3, 0.4) is 0 Å². The average molecular weight is 403 g/mol. The Hall–Kier alpha value is -3.38. The number of benzene rings is 3. The van der Waals surface area contributed by atoms with Gasteiger partial charge < -0.3 is 10.3 Å². The minimum absolute atomic E-state index is 0.115. The standard InChI is InChI=1S/C23H18FN3OS/c24-18-13-11-16(12-14-18)21-23(27-22(26-21)17-7-3-1-4-8-17)29-15-20(28)25-19-9-5-2-6-10-19/h1-14H,15H2,(H,25,28)(H,26,27). The van der Waals surface area contributed by atoms with Crippen LogP contribution >= 0.6 is 11.8 Å². The monoisotopic (exact) mass is 403 g/mol. The molecule has 0 unspecified atom stereocenters. The molecule has 0 atom stereocenters. The molecule has 1 amide bonds. The lowest BCUT2D eigenvalue weighted by Crippen LogP contribution is -2.13. The van der Waals surface area contributed by atoms with Crippen molar-refractivity contribution in [3.63, 3.8) is 0 Å². The number of hydrogen-bond donors (Lipinski definition) is 2. The Bertz CT molecular complexity index is 1100. The summed E-state index contributed by atoms with van der Waals surface area (Å²) in [6.45, 7) is 0. The van der Waals surface area contributed by atoms with Gasteiger partial charge in [0, 0.05) is 16.8 Å². The molecule has 0 saturated heterocycles. The average Bonchev–Trinajstić information content (AvgIpc) is 3.18. The molecule has 1 aromatic heterocycles. The molecule has 0 bridgehead atoms. The van der Waals surface area contributed by atoms with Crippen molar-refractivity contribution in [3.8, 4) is 22.6 Å². The number of aromatic nitrogens is 2. The highest BCUT2D eigenvalue weighted by molar-refractivity contribution is 8.00. The van der Waals surface area contributed by atoms with Gasteiger partial charge in [-0.2, -0.15) is 0 Å². The number of thioether (sulfide) groups is 1. The van der Waals surface area contributed by atoms with Crippen molar-refractivity contribution in [3.05, 3.63) is 90.7 Å². The SMILES string of the molecule is O=C(CSc1nc(-c2ccccc2)[nH]c1-c1ccc(F)cc1)Nc1ccccc1. The van der Waals surface area contributed by atoms with Gasteiger partial charge in [-0.3, -0.25) is 4.79 Å². The highest BCUT2D eigenvalue weighted by Crippen LogP contribution is 2.32. The van der Waals surface area contributed by atoms with E-state index in [0.717, 1.165) is 22.5 Å². The third-order valence-electron chi connectivity index (χ3n) is 4.25. The summed E-state index contributed by atoms with van der Waals surface area (Å²) in [4.78, 5) is 20.3. The second kappa shape index (κ2) is 8.75. The first kappa shape index (κ1) is 19.0. The van der Waals surface area contributed by atoms with Crippen molar-refractivity contribution in [2.45, 2.75) is 5.03 Å². The maximum atomic E-state index is 13.4. The lowest BCUT2D eigenvalue weighted by atomic mass is 10.2. The van der Waals surface area contributed by atoms with Crippen LogP contribution < -0.4 is 5.32 Å². The quantitative estimate of drug-likeness (QED) is 0.411. The van der Waals surface area contributed by atoms with Crippen LogP contribution in [0.15, 0.2) is 90.0 Å². The number of nitrogens with one attached hydrogen (secondary N) is 2. The normalized spacial score (nSPS) is 10.7. The number of amides is 1. The van der Waals surface area contributed by atoms with E-state index in [-0.39, 0.29) is 17.5 Å². The predicted molar refractivity (Wildman–Crippen MR) is 115 cm³/mol. The molecule has 4 nitrogen and oxygen atoms in total. The fraction of sp³-hybridized carbons (Fsp3) is 0.0435. The number of hydrogen-bond acceptors (Lipinski definition) is 3. The summed E-state index contributed by atoms with van der Waals surface area (Å²) in [5.74, 6) is 0.502. The van der Waals surface area contributed by atoms with Gasteiger partial charge >= 0.3 is 0 Å². The molecule has 0 fully saturated rings. The van der Waals surface area contributed by atoms with Gasteiger partial charge in [0.15, 0.2) is 0 Å². The maximum Gasteiger partial charge on any atom is 0.234 e. The molecule has 4 aromatic rings. The van der Waals surface area contributed by atoms with Gasteiger partial charge in [0.2, 0.25) is 5.91 Å². The summed E-state index contributed by atoms with van der Waals surface area (Å²) in [6, 6.07) is 25.3. The van der Waals surface area contributed by atoms with E-state index in [2.05, 4.69) is 10.3 Å². The van der Waals surface area contributed by atoms with Crippen LogP contribution in [0.25, 0.3) is 22.6 Å². The highest BCUT2D eigenvalue weighted by Gasteiger charge is 2.15. The Balaban J connectivity index is 1.58. The molecule has 4 rings (SSSR count). The van der Waals surface area contributed by atoms with Gasteiger partial charge in [0.25, 0.3) is 0 Å². The fourth-order valence-electron chi connectivity index (χ4n) is 2.86. The largest absolute Gasteiger partial charge is 0.337 e. The molecular weight excluding hydrogens is 385 g/mol. The Morgan fingerprint density at radius 1 is 0.897 bits per heavy atom. The molecule has 0 spiro atoms. The van der Waals surface area contributed by atoms with E-state index in [1.807, 2.05) is 60.7 Å². The first-order valence-corrected chi connectivity index (χ1v) is 10.1. The maximum absolute atomic E-state index is 13.4. The molecule has 3 aromatic carbocycles. The molecule has 0 saturated carbocycles. The minimum atomic E-state index is -0.298. The topological polar surface area (TPSA) is 57.8 Å². The Morgan fingerprint density at radius 3 is 2.24 bits per heavy atom. The first-order valence-electron chi connectivity index (χ1n) is 9.08. The number of carbonyl (C=O) groups is 1. The second-order valence-electron chi connectivity index (χ2n) is 6.34. The molecule has 29 heavy (non-hydrogen) atoms. The van der Waals surface area contributed by atoms with Crippen LogP contribution in [0.1, 0.15) is 0 Å². The van der Waals surface area contributed by atoms with Crippen LogP contribution in [0.5, 0.6) is 0 Å². The van der Waals surface area contributed by atoms with E-state index in [4.69, 9.17) is 4.98 Å². The van der Waals surface area contributed by atoms with E-state index < -0.39 is 0 Å². The summed E-state index contributed by atoms with van der Waals surface area (Å²) < 4.78 is 13.4. The van der Waals surface area contributed by atoms with Crippen molar-refractivity contribution in [1.82, 2.24) is 9.97 Å². The van der Waals surface area contributed by atoms with Gasteiger partial charge in [-0.25, -0.2) is 9.37 Å². The minimum Gasteiger partial charge on any atom is -0.337 e. The first-order chi connectivity index (χ1) is 14.2. The van der Waals surface area contributed by atoms with E-state index >= 15 is 0 Å². The zero-order valence-corrected chi connectivity index (χ0v) is 16.2. The smallest absolute Gasteiger partial charge is 0.234 e. The van der Waals surface area contributed by atoms with Crippen molar-refractivity contribution in [2.24, 2.45) is 0 Å². The van der Waals surface area contributed by atoms with Crippen molar-refractivity contribution < 1.29 is 9.18 Å². The number of anilines is 1. The number of imidazole rings is 1. The third-order valence-corrected chi connectivity index (χ3v) is 5.22. The predicted octanol–water partition coefficient (Wildman–Crippen LogP) is 5.61. The van der Waals surface area contributed by atoms with Crippen LogP contribution in [-0.4, -0.2) is 21.6 Å². The molecule has 1 heterocycles. The van der Waals surface area contributed by atoms with E-state index in [1.165, 1.54) is 23.9 Å². The van der Waals surface area contributed by atoms with Crippen LogP contribution in [0.2, 0.25) is 0 Å². The van der Waals surface area contributed by atoms with Crippen molar-refractivity contribution >= 4 is 23.4 Å². The molecule has 6 heteroatoms. The number of nitrogens with zero attached hydrogens (tertiary/aromatic N) is 1. The number of carbonyl (C=O) groups excluding carboxylic acids is 1. The Morgan fingerprint density at radius 2 is 1.55 bits per heavy atom. The highest BCUT2D eigenvalue weighted by atomic mass is 32.2. The summed E-state index contributed by atoms with van der Waals surface area (Å²) in [5.41, 5.74) is 3.27. The van der Waals surface area contributed by atoms with Crippen LogP contribution in [0.4, 0.5) is 10.1 Å². The van der Waals surface area contributed by atoms with E-state index in [0.29, 0.717) is 10.9 Å². The lowest BCUT2D eigenvalue weighted by molar-refractivity contribution is -0.113. The van der Waals surface area contributed by atoms with E-state index in [1.54, 1.807) is 12.1 Å². The molecule has 0 aliphatic heterocycles. The summed E-state index contributed by atoms with van der Waals surface area (Å²) in [7, 11) is 0. The zero-order chi connectivity index (χ0) is 20.1. The van der Waals surface area contributed by atoms with Gasteiger partial charge in [-0.1, -0.05) is 60.3 Å². The third kappa shape index (κ3) is 4.73. The molecular formula is C23H18FN3OS. The molecule has 2 N–H and O–H groups in total. The molecule has 0 aliphatic carbocycles. The Kier molecular flexibility index (Phi) is 5.72. The number of aromatic amines is 1. The lowest BCUT2D eigenvalue weighted by Gasteiger charge is -2.05. The van der Waals surface area contributed by atoms with Gasteiger partial charge in [-0.15, -0.1) is 0 Å². The summed E-state index contributed by atoms with van der Waals surface area (Å²) >= 11 is 1.34. The zero-order valence-electron chi connectivity index (χ0n) is 15.4. The number of para-hydroxylation sites is 1. The second-order valence-corrected chi connectivity index (χ2v) is 7.31. The number of halogens is 1. The summed E-state index contributed by atoms with van der Waals surface area (Å²) in [5, 5.41) is 3.56. The summed E-state index contributed by atoms with van der Waals surface area (Å²) in [6.07, 6.45) is 0. The van der Waals surface area contributed by atoms with Crippen LogP contribution in [-0.2, 0) is 4.79 Å². The van der Waals surface area contributed by atoms with Gasteiger partial charge in [-0.05, 0) is 36.4 Å². The number of H-pyrrole nitrogens is 1. The fourth-order valence-corrected chi connectivity index (χ4v) is 3.67. The van der Waals surface area contributed by atoms with Gasteiger partial charge in [0.1, 0.15) is 16.7 Å². The molecule has 144 valence electrons. The van der Waals surface area contributed by atoms with Crippen molar-refractivity contribution in [1.29, 1.82) is 0 Å². The van der Waals surface area contributed by atoms with Gasteiger partial charge in [0.05, 0.1) is 11.4 Å². The molecule has 0 radical (unpaired) electrons. The van der Waals surface area contributed by atoms with Crippen LogP contribution in [0, 0.1) is 5.82 Å². The Labute approximate surface area is 172 Å². The van der Waals surface area contributed by atoms with E-state index in [9.17, 15) is 9.18 Å².